The van der Waals surface area contributed by atoms with E-state index >= 15 is 0 Å². The van der Waals surface area contributed by atoms with Gasteiger partial charge < -0.3 is 9.64 Å². The van der Waals surface area contributed by atoms with Crippen molar-refractivity contribution in [3.8, 4) is 0 Å². The lowest BCUT2D eigenvalue weighted by Crippen LogP contribution is -2.54. The predicted molar refractivity (Wildman–Crippen MR) is 98.2 cm³/mol. The first-order chi connectivity index (χ1) is 12.8. The van der Waals surface area contributed by atoms with E-state index in [1.807, 2.05) is 23.6 Å². The number of ether oxygens (including phenoxy) is 1. The van der Waals surface area contributed by atoms with Crippen molar-refractivity contribution in [3.05, 3.63) is 30.1 Å². The Morgan fingerprint density at radius 3 is 2.19 bits per heavy atom. The van der Waals surface area contributed by atoms with E-state index in [2.05, 4.69) is 0 Å². The van der Waals surface area contributed by atoms with Crippen LogP contribution in [-0.4, -0.2) is 86.5 Å². The van der Waals surface area contributed by atoms with Crippen molar-refractivity contribution in [1.82, 2.24) is 14.1 Å². The van der Waals surface area contributed by atoms with E-state index in [-0.39, 0.29) is 29.6 Å². The third-order valence-electron chi connectivity index (χ3n) is 4.91. The third-order valence-corrected chi connectivity index (χ3v) is 6.83. The molecule has 150 valence electrons. The number of nitrogens with zero attached hydrogens (tertiary/aromatic N) is 3. The maximum absolute atomic E-state index is 13.0. The predicted octanol–water partition coefficient (Wildman–Crippen LogP) is 0.768. The molecule has 3 rings (SSSR count). The number of halogens is 1. The lowest BCUT2D eigenvalue weighted by molar-refractivity contribution is -0.144. The average Bonchev–Trinajstić information content (AvgIpc) is 2.61. The van der Waals surface area contributed by atoms with Gasteiger partial charge in [-0.15, -0.1) is 0 Å². The van der Waals surface area contributed by atoms with Crippen LogP contribution in [0, 0.1) is 5.82 Å². The molecule has 2 atom stereocenters. The molecule has 1 aromatic rings. The molecule has 1 aromatic carbocycles. The maximum atomic E-state index is 13.0. The van der Waals surface area contributed by atoms with Crippen LogP contribution < -0.4 is 0 Å². The second-order valence-electron chi connectivity index (χ2n) is 7.19. The van der Waals surface area contributed by atoms with Gasteiger partial charge in [0.25, 0.3) is 0 Å². The lowest BCUT2D eigenvalue weighted by Gasteiger charge is -2.38. The Kier molecular flexibility index (Phi) is 6.15. The summed E-state index contributed by atoms with van der Waals surface area (Å²) < 4.78 is 45.4. The zero-order valence-corrected chi connectivity index (χ0v) is 16.5. The van der Waals surface area contributed by atoms with E-state index in [1.165, 1.54) is 16.4 Å². The van der Waals surface area contributed by atoms with Crippen molar-refractivity contribution in [2.45, 2.75) is 31.0 Å². The topological polar surface area (TPSA) is 70.2 Å². The number of amides is 1. The molecule has 2 aliphatic rings. The summed E-state index contributed by atoms with van der Waals surface area (Å²) in [4.78, 5) is 16.4. The molecule has 0 aliphatic carbocycles. The summed E-state index contributed by atoms with van der Waals surface area (Å²) in [6, 6.07) is 4.85. The highest BCUT2D eigenvalue weighted by Crippen LogP contribution is 2.18. The molecule has 0 saturated carbocycles. The molecular weight excluding hydrogens is 373 g/mol. The van der Waals surface area contributed by atoms with E-state index in [1.54, 1.807) is 0 Å². The summed E-state index contributed by atoms with van der Waals surface area (Å²) in [6.45, 7) is 6.95. The summed E-state index contributed by atoms with van der Waals surface area (Å²) in [5.41, 5.74) is 0. The molecule has 2 saturated heterocycles. The number of sulfonamides is 1. The molecule has 1 amide bonds. The van der Waals surface area contributed by atoms with Crippen molar-refractivity contribution >= 4 is 15.9 Å². The monoisotopic (exact) mass is 399 g/mol. The lowest BCUT2D eigenvalue weighted by atomic mass is 10.2. The summed E-state index contributed by atoms with van der Waals surface area (Å²) in [5.74, 6) is -0.420. The van der Waals surface area contributed by atoms with Gasteiger partial charge in [0.2, 0.25) is 15.9 Å². The number of hydrogen-bond acceptors (Lipinski definition) is 5. The second-order valence-corrected chi connectivity index (χ2v) is 9.13. The van der Waals surface area contributed by atoms with E-state index < -0.39 is 15.8 Å². The fourth-order valence-electron chi connectivity index (χ4n) is 3.56. The van der Waals surface area contributed by atoms with Crippen LogP contribution in [0.15, 0.2) is 29.2 Å². The molecule has 0 bridgehead atoms. The Bertz CT molecular complexity index is 753. The molecule has 2 aliphatic heterocycles. The normalized spacial score (nSPS) is 25.5. The van der Waals surface area contributed by atoms with Crippen LogP contribution in [0.4, 0.5) is 4.39 Å². The first-order valence-corrected chi connectivity index (χ1v) is 10.6. The molecule has 2 heterocycles. The van der Waals surface area contributed by atoms with Crippen LogP contribution in [0.3, 0.4) is 0 Å². The second kappa shape index (κ2) is 8.22. The highest BCUT2D eigenvalue weighted by atomic mass is 32.2. The van der Waals surface area contributed by atoms with E-state index in [9.17, 15) is 17.6 Å². The van der Waals surface area contributed by atoms with Crippen molar-refractivity contribution in [2.24, 2.45) is 0 Å². The zero-order chi connectivity index (χ0) is 19.6. The van der Waals surface area contributed by atoms with Gasteiger partial charge in [-0.25, -0.2) is 12.8 Å². The Morgan fingerprint density at radius 2 is 1.63 bits per heavy atom. The van der Waals surface area contributed by atoms with Gasteiger partial charge in [-0.2, -0.15) is 4.31 Å². The number of piperazine rings is 1. The maximum Gasteiger partial charge on any atom is 0.243 e. The molecule has 9 heteroatoms. The van der Waals surface area contributed by atoms with Crippen molar-refractivity contribution in [1.29, 1.82) is 0 Å². The summed E-state index contributed by atoms with van der Waals surface area (Å²) in [5, 5.41) is 0. The van der Waals surface area contributed by atoms with Gasteiger partial charge in [-0.05, 0) is 38.1 Å². The molecule has 0 unspecified atom stereocenters. The molecule has 0 aromatic heterocycles. The first kappa shape index (κ1) is 20.2. The molecule has 0 spiro atoms. The fourth-order valence-corrected chi connectivity index (χ4v) is 4.98. The van der Waals surface area contributed by atoms with Crippen LogP contribution >= 0.6 is 0 Å². The molecule has 2 fully saturated rings. The highest BCUT2D eigenvalue weighted by molar-refractivity contribution is 7.89. The van der Waals surface area contributed by atoms with E-state index in [0.717, 1.165) is 12.1 Å². The standard InChI is InChI=1S/C18H26FN3O4S/c1-14-11-21(12-15(2)26-14)18(23)13-20-7-9-22(10-8-20)27(24,25)17-5-3-16(19)4-6-17/h3-6,14-15H,7-13H2,1-2H3/t14-,15-/m1/s1. The molecule has 0 radical (unpaired) electrons. The average molecular weight is 399 g/mol. The van der Waals surface area contributed by atoms with Crippen LogP contribution in [0.1, 0.15) is 13.8 Å². The number of morpholine rings is 1. The van der Waals surface area contributed by atoms with Gasteiger partial charge in [0.1, 0.15) is 5.82 Å². The molecular formula is C18H26FN3O4S. The van der Waals surface area contributed by atoms with Crippen LogP contribution in [0.5, 0.6) is 0 Å². The molecule has 7 nitrogen and oxygen atoms in total. The zero-order valence-electron chi connectivity index (χ0n) is 15.7. The summed E-state index contributed by atoms with van der Waals surface area (Å²) >= 11 is 0. The third kappa shape index (κ3) is 4.84. The number of hydrogen-bond donors (Lipinski definition) is 0. The molecule has 0 N–H and O–H groups in total. The number of carbonyl (C=O) groups excluding carboxylic acids is 1. The largest absolute Gasteiger partial charge is 0.372 e. The Hall–Kier alpha value is -1.55. The summed E-state index contributed by atoms with van der Waals surface area (Å²) in [7, 11) is -3.64. The van der Waals surface area contributed by atoms with Gasteiger partial charge >= 0.3 is 0 Å². The minimum absolute atomic E-state index is 0.0235. The van der Waals surface area contributed by atoms with Crippen LogP contribution in [-0.2, 0) is 19.6 Å². The minimum Gasteiger partial charge on any atom is -0.372 e. The Labute approximate surface area is 159 Å². The van der Waals surface area contributed by atoms with E-state index in [0.29, 0.717) is 39.3 Å². The van der Waals surface area contributed by atoms with Gasteiger partial charge in [0, 0.05) is 39.3 Å². The fraction of sp³-hybridized carbons (Fsp3) is 0.611. The van der Waals surface area contributed by atoms with Gasteiger partial charge in [0.15, 0.2) is 0 Å². The van der Waals surface area contributed by atoms with Gasteiger partial charge in [-0.3, -0.25) is 9.69 Å². The SMILES string of the molecule is C[C@@H]1CN(C(=O)CN2CCN(S(=O)(=O)c3ccc(F)cc3)CC2)C[C@@H](C)O1. The van der Waals surface area contributed by atoms with Crippen molar-refractivity contribution < 1.29 is 22.3 Å². The first-order valence-electron chi connectivity index (χ1n) is 9.17. The molecule has 27 heavy (non-hydrogen) atoms. The van der Waals surface area contributed by atoms with Gasteiger partial charge in [0.05, 0.1) is 23.6 Å². The Morgan fingerprint density at radius 1 is 1.07 bits per heavy atom. The number of benzene rings is 1. The van der Waals surface area contributed by atoms with Crippen LogP contribution in [0.25, 0.3) is 0 Å². The number of carbonyl (C=O) groups is 1. The van der Waals surface area contributed by atoms with E-state index in [4.69, 9.17) is 4.74 Å². The van der Waals surface area contributed by atoms with Crippen LogP contribution in [0.2, 0.25) is 0 Å². The van der Waals surface area contributed by atoms with Crippen molar-refractivity contribution in [3.63, 3.8) is 0 Å². The quantitative estimate of drug-likeness (QED) is 0.748. The van der Waals surface area contributed by atoms with Crippen molar-refractivity contribution in [2.75, 3.05) is 45.8 Å². The minimum atomic E-state index is -3.64. The smallest absolute Gasteiger partial charge is 0.243 e. The number of rotatable bonds is 4. The highest BCUT2D eigenvalue weighted by Gasteiger charge is 2.31. The Balaban J connectivity index is 1.54. The summed E-state index contributed by atoms with van der Waals surface area (Å²) in [6.07, 6.45) is 0.0470. The van der Waals surface area contributed by atoms with Gasteiger partial charge in [-0.1, -0.05) is 0 Å².